The van der Waals surface area contributed by atoms with Crippen molar-refractivity contribution in [2.75, 3.05) is 29.5 Å². The Morgan fingerprint density at radius 2 is 1.96 bits per heavy atom. The average molecular weight is 383 g/mol. The summed E-state index contributed by atoms with van der Waals surface area (Å²) in [5.74, 6) is -0.150. The van der Waals surface area contributed by atoms with Gasteiger partial charge in [-0.15, -0.1) is 0 Å². The van der Waals surface area contributed by atoms with Crippen molar-refractivity contribution in [3.05, 3.63) is 18.2 Å². The molecule has 0 bridgehead atoms. The minimum absolute atomic E-state index is 0.0162. The molecule has 1 fully saturated rings. The van der Waals surface area contributed by atoms with E-state index in [1.54, 1.807) is 19.1 Å². The van der Waals surface area contributed by atoms with Gasteiger partial charge < -0.3 is 15.4 Å². The zero-order valence-electron chi connectivity index (χ0n) is 16.1. The van der Waals surface area contributed by atoms with E-state index in [0.29, 0.717) is 17.9 Å². The molecule has 0 aromatic heterocycles. The number of hydrogen-bond donors (Lipinski definition) is 2. The molecule has 1 atom stereocenters. The van der Waals surface area contributed by atoms with Crippen molar-refractivity contribution < 1.29 is 17.9 Å². The predicted octanol–water partition coefficient (Wildman–Crippen LogP) is 3.45. The third-order valence-electron chi connectivity index (χ3n) is 4.45. The molecule has 0 aliphatic carbocycles. The second-order valence-corrected chi connectivity index (χ2v) is 9.96. The lowest BCUT2D eigenvalue weighted by molar-refractivity contribution is -0.123. The first-order chi connectivity index (χ1) is 12.1. The number of amides is 1. The van der Waals surface area contributed by atoms with Crippen LogP contribution in [0.15, 0.2) is 23.1 Å². The molecule has 0 spiro atoms. The molecule has 2 N–H and O–H groups in total. The Kier molecular flexibility index (Phi) is 6.69. The highest BCUT2D eigenvalue weighted by molar-refractivity contribution is 7.91. The van der Waals surface area contributed by atoms with Gasteiger partial charge >= 0.3 is 0 Å². The van der Waals surface area contributed by atoms with Crippen LogP contribution in [0.4, 0.5) is 11.4 Å². The maximum Gasteiger partial charge on any atom is 0.229 e. The lowest BCUT2D eigenvalue weighted by Gasteiger charge is -2.25. The summed E-state index contributed by atoms with van der Waals surface area (Å²) in [6.45, 7) is 8.45. The fourth-order valence-corrected chi connectivity index (χ4v) is 3.55. The van der Waals surface area contributed by atoms with E-state index < -0.39 is 15.3 Å². The Bertz CT molecular complexity index is 732. The lowest BCUT2D eigenvalue weighted by Crippen LogP contribution is -2.29. The van der Waals surface area contributed by atoms with E-state index in [0.717, 1.165) is 25.9 Å². The molecule has 1 aromatic rings. The zero-order chi connectivity index (χ0) is 19.4. The normalized spacial score (nSPS) is 18.4. The maximum atomic E-state index is 12.4. The number of anilines is 2. The highest BCUT2D eigenvalue weighted by Gasteiger charge is 2.23. The van der Waals surface area contributed by atoms with E-state index in [4.69, 9.17) is 4.74 Å². The number of carbonyl (C=O) groups is 1. The Balaban J connectivity index is 2.25. The van der Waals surface area contributed by atoms with E-state index in [1.165, 1.54) is 6.07 Å². The van der Waals surface area contributed by atoms with Crippen LogP contribution in [0.5, 0.6) is 0 Å². The van der Waals surface area contributed by atoms with Crippen molar-refractivity contribution in [3.63, 3.8) is 0 Å². The number of sulfone groups is 1. The van der Waals surface area contributed by atoms with E-state index >= 15 is 0 Å². The summed E-state index contributed by atoms with van der Waals surface area (Å²) in [5, 5.41) is 6.17. The lowest BCUT2D eigenvalue weighted by atomic mass is 9.95. The molecule has 0 saturated carbocycles. The van der Waals surface area contributed by atoms with Crippen molar-refractivity contribution in [3.8, 4) is 0 Å². The van der Waals surface area contributed by atoms with Crippen molar-refractivity contribution in [1.29, 1.82) is 0 Å². The monoisotopic (exact) mass is 382 g/mol. The number of nitrogens with one attached hydrogen (secondary N) is 2. The first kappa shape index (κ1) is 20.7. The highest BCUT2D eigenvalue weighted by atomic mass is 32.2. The molecule has 1 aliphatic heterocycles. The molecule has 1 saturated heterocycles. The van der Waals surface area contributed by atoms with E-state index in [1.807, 2.05) is 20.8 Å². The number of ether oxygens (including phenoxy) is 1. The maximum absolute atomic E-state index is 12.4. The molecule has 146 valence electrons. The molecular formula is C19H30N2O4S. The summed E-state index contributed by atoms with van der Waals surface area (Å²) in [4.78, 5) is 12.6. The Labute approximate surface area is 156 Å². The Hall–Kier alpha value is -1.60. The van der Waals surface area contributed by atoms with E-state index in [9.17, 15) is 13.2 Å². The summed E-state index contributed by atoms with van der Waals surface area (Å²) in [7, 11) is -3.35. The van der Waals surface area contributed by atoms with Crippen LogP contribution in [-0.2, 0) is 19.4 Å². The molecule has 0 radical (unpaired) electrons. The molecule has 6 nitrogen and oxygen atoms in total. The minimum Gasteiger partial charge on any atom is -0.381 e. The van der Waals surface area contributed by atoms with Gasteiger partial charge in [0.1, 0.15) is 0 Å². The van der Waals surface area contributed by atoms with Crippen LogP contribution in [0.2, 0.25) is 0 Å². The molecule has 1 aliphatic rings. The average Bonchev–Trinajstić information content (AvgIpc) is 2.60. The van der Waals surface area contributed by atoms with E-state index in [-0.39, 0.29) is 22.7 Å². The first-order valence-corrected chi connectivity index (χ1v) is 10.8. The molecule has 1 heterocycles. The number of rotatable bonds is 6. The summed E-state index contributed by atoms with van der Waals surface area (Å²) in [6.07, 6.45) is 3.37. The third kappa shape index (κ3) is 5.45. The van der Waals surface area contributed by atoms with Gasteiger partial charge in [0.25, 0.3) is 0 Å². The van der Waals surface area contributed by atoms with Crippen LogP contribution >= 0.6 is 0 Å². The van der Waals surface area contributed by atoms with Crippen LogP contribution in [0.1, 0.15) is 47.0 Å². The standard InChI is InChI=1S/C19H30N2O4S/c1-5-26(23,24)15-9-10-16(20-13-14-8-6-7-11-25-14)17(12-15)21-18(22)19(2,3)4/h9-10,12,14,20H,5-8,11,13H2,1-4H3,(H,21,22). The second kappa shape index (κ2) is 8.39. The van der Waals surface area contributed by atoms with Crippen LogP contribution in [-0.4, -0.2) is 39.3 Å². The molecule has 1 amide bonds. The third-order valence-corrected chi connectivity index (χ3v) is 6.19. The quantitative estimate of drug-likeness (QED) is 0.787. The summed E-state index contributed by atoms with van der Waals surface area (Å²) in [6, 6.07) is 4.83. The van der Waals surface area contributed by atoms with Crippen LogP contribution < -0.4 is 10.6 Å². The van der Waals surface area contributed by atoms with Gasteiger partial charge in [0.2, 0.25) is 5.91 Å². The number of benzene rings is 1. The summed E-state index contributed by atoms with van der Waals surface area (Å²) >= 11 is 0. The Morgan fingerprint density at radius 1 is 1.23 bits per heavy atom. The molecule has 1 unspecified atom stereocenters. The highest BCUT2D eigenvalue weighted by Crippen LogP contribution is 2.28. The number of carbonyl (C=O) groups excluding carboxylic acids is 1. The topological polar surface area (TPSA) is 84.5 Å². The second-order valence-electron chi connectivity index (χ2n) is 7.68. The largest absolute Gasteiger partial charge is 0.381 e. The van der Waals surface area contributed by atoms with Crippen LogP contribution in [0.25, 0.3) is 0 Å². The van der Waals surface area contributed by atoms with Crippen molar-refractivity contribution in [2.45, 2.75) is 58.0 Å². The molecule has 26 heavy (non-hydrogen) atoms. The fraction of sp³-hybridized carbons (Fsp3) is 0.632. The van der Waals surface area contributed by atoms with Crippen LogP contribution in [0, 0.1) is 5.41 Å². The number of hydrogen-bond acceptors (Lipinski definition) is 5. The van der Waals surface area contributed by atoms with Gasteiger partial charge in [-0.3, -0.25) is 4.79 Å². The molecule has 1 aromatic carbocycles. The summed E-state index contributed by atoms with van der Waals surface area (Å²) in [5.41, 5.74) is 0.603. The van der Waals surface area contributed by atoms with Gasteiger partial charge in [-0.2, -0.15) is 0 Å². The Morgan fingerprint density at radius 3 is 2.54 bits per heavy atom. The predicted molar refractivity (Wildman–Crippen MR) is 104 cm³/mol. The minimum atomic E-state index is -3.35. The molecule has 2 rings (SSSR count). The molecule has 7 heteroatoms. The smallest absolute Gasteiger partial charge is 0.229 e. The molecular weight excluding hydrogens is 352 g/mol. The van der Waals surface area contributed by atoms with Crippen LogP contribution in [0.3, 0.4) is 0 Å². The fourth-order valence-electron chi connectivity index (χ4n) is 2.64. The van der Waals surface area contributed by atoms with Gasteiger partial charge in [-0.05, 0) is 37.5 Å². The van der Waals surface area contributed by atoms with Gasteiger partial charge in [-0.1, -0.05) is 27.7 Å². The van der Waals surface area contributed by atoms with Gasteiger partial charge in [0, 0.05) is 18.6 Å². The first-order valence-electron chi connectivity index (χ1n) is 9.17. The zero-order valence-corrected chi connectivity index (χ0v) is 16.9. The van der Waals surface area contributed by atoms with E-state index in [2.05, 4.69) is 10.6 Å². The van der Waals surface area contributed by atoms with Gasteiger partial charge in [-0.25, -0.2) is 8.42 Å². The summed E-state index contributed by atoms with van der Waals surface area (Å²) < 4.78 is 30.1. The van der Waals surface area contributed by atoms with Gasteiger partial charge in [0.15, 0.2) is 9.84 Å². The SMILES string of the molecule is CCS(=O)(=O)c1ccc(NCC2CCCCO2)c(NC(=O)C(C)(C)C)c1. The van der Waals surface area contributed by atoms with Gasteiger partial charge in [0.05, 0.1) is 28.1 Å². The van der Waals surface area contributed by atoms with Crippen molar-refractivity contribution in [2.24, 2.45) is 5.41 Å². The van der Waals surface area contributed by atoms with Crippen molar-refractivity contribution in [1.82, 2.24) is 0 Å². The van der Waals surface area contributed by atoms with Crippen molar-refractivity contribution >= 4 is 27.1 Å².